The van der Waals surface area contributed by atoms with Gasteiger partial charge in [0.25, 0.3) is 0 Å². The summed E-state index contributed by atoms with van der Waals surface area (Å²) >= 11 is 0. The highest BCUT2D eigenvalue weighted by Gasteiger charge is 2.20. The standard InChI is InChI=1S/C14H22N2/c1-11-7-8-13(15-9-11)10-16-14-6-4-3-5-12(14)2/h7-9,12,14,16H,3-6,10H2,1-2H3. The second-order valence-corrected chi connectivity index (χ2v) is 5.08. The van der Waals surface area contributed by atoms with Gasteiger partial charge in [-0.15, -0.1) is 0 Å². The Labute approximate surface area is 98.5 Å². The molecule has 2 heteroatoms. The average molecular weight is 218 g/mol. The number of aromatic nitrogens is 1. The second kappa shape index (κ2) is 5.44. The Balaban J connectivity index is 1.84. The van der Waals surface area contributed by atoms with Crippen molar-refractivity contribution in [2.24, 2.45) is 5.92 Å². The van der Waals surface area contributed by atoms with E-state index in [9.17, 15) is 0 Å². The minimum atomic E-state index is 0.692. The van der Waals surface area contributed by atoms with Crippen LogP contribution in [0, 0.1) is 12.8 Å². The van der Waals surface area contributed by atoms with Crippen LogP contribution in [0.5, 0.6) is 0 Å². The van der Waals surface area contributed by atoms with Crippen LogP contribution in [0.15, 0.2) is 18.3 Å². The maximum absolute atomic E-state index is 4.43. The Morgan fingerprint density at radius 1 is 1.31 bits per heavy atom. The maximum atomic E-state index is 4.43. The van der Waals surface area contributed by atoms with E-state index in [4.69, 9.17) is 0 Å². The molecule has 0 saturated heterocycles. The predicted molar refractivity (Wildman–Crippen MR) is 67.2 cm³/mol. The molecule has 1 aromatic heterocycles. The molecule has 16 heavy (non-hydrogen) atoms. The molecule has 0 bridgehead atoms. The zero-order valence-corrected chi connectivity index (χ0v) is 10.4. The van der Waals surface area contributed by atoms with E-state index in [0.717, 1.165) is 18.2 Å². The van der Waals surface area contributed by atoms with E-state index in [1.165, 1.54) is 31.2 Å². The Bertz CT molecular complexity index is 318. The van der Waals surface area contributed by atoms with Crippen LogP contribution in [-0.4, -0.2) is 11.0 Å². The summed E-state index contributed by atoms with van der Waals surface area (Å²) in [5.74, 6) is 0.819. The van der Waals surface area contributed by atoms with Crippen LogP contribution in [0.3, 0.4) is 0 Å². The fourth-order valence-electron chi connectivity index (χ4n) is 2.46. The number of aryl methyl sites for hydroxylation is 1. The van der Waals surface area contributed by atoms with Gasteiger partial charge < -0.3 is 5.32 Å². The van der Waals surface area contributed by atoms with E-state index < -0.39 is 0 Å². The van der Waals surface area contributed by atoms with Crippen molar-refractivity contribution >= 4 is 0 Å². The number of pyridine rings is 1. The summed E-state index contributed by atoms with van der Waals surface area (Å²) in [6, 6.07) is 4.95. The summed E-state index contributed by atoms with van der Waals surface area (Å²) in [4.78, 5) is 4.43. The average Bonchev–Trinajstić information content (AvgIpc) is 2.30. The van der Waals surface area contributed by atoms with Gasteiger partial charge in [-0.05, 0) is 37.3 Å². The Hall–Kier alpha value is -0.890. The summed E-state index contributed by atoms with van der Waals surface area (Å²) in [5, 5.41) is 3.64. The van der Waals surface area contributed by atoms with Crippen LogP contribution >= 0.6 is 0 Å². The fraction of sp³-hybridized carbons (Fsp3) is 0.643. The molecule has 2 atom stereocenters. The third-order valence-corrected chi connectivity index (χ3v) is 3.63. The number of rotatable bonds is 3. The van der Waals surface area contributed by atoms with Crippen molar-refractivity contribution in [1.82, 2.24) is 10.3 Å². The van der Waals surface area contributed by atoms with E-state index >= 15 is 0 Å². The minimum absolute atomic E-state index is 0.692. The molecule has 1 heterocycles. The highest BCUT2D eigenvalue weighted by atomic mass is 14.9. The first-order valence-electron chi connectivity index (χ1n) is 6.40. The molecular weight excluding hydrogens is 196 g/mol. The lowest BCUT2D eigenvalue weighted by atomic mass is 9.86. The molecule has 1 saturated carbocycles. The van der Waals surface area contributed by atoms with Gasteiger partial charge in [0, 0.05) is 18.8 Å². The van der Waals surface area contributed by atoms with Crippen LogP contribution in [0.1, 0.15) is 43.9 Å². The highest BCUT2D eigenvalue weighted by molar-refractivity contribution is 5.12. The van der Waals surface area contributed by atoms with Gasteiger partial charge >= 0.3 is 0 Å². The van der Waals surface area contributed by atoms with Crippen LogP contribution < -0.4 is 5.32 Å². The summed E-state index contributed by atoms with van der Waals surface area (Å²) < 4.78 is 0. The molecule has 2 nitrogen and oxygen atoms in total. The maximum Gasteiger partial charge on any atom is 0.0541 e. The summed E-state index contributed by atoms with van der Waals surface area (Å²) in [6.45, 7) is 5.35. The van der Waals surface area contributed by atoms with E-state index in [1.807, 2.05) is 6.20 Å². The van der Waals surface area contributed by atoms with Gasteiger partial charge in [0.05, 0.1) is 5.69 Å². The lowest BCUT2D eigenvalue weighted by Gasteiger charge is -2.29. The van der Waals surface area contributed by atoms with E-state index in [0.29, 0.717) is 6.04 Å². The quantitative estimate of drug-likeness (QED) is 0.843. The summed E-state index contributed by atoms with van der Waals surface area (Å²) in [6.07, 6.45) is 7.43. The molecule has 1 aliphatic carbocycles. The molecule has 88 valence electrons. The molecule has 1 N–H and O–H groups in total. The van der Waals surface area contributed by atoms with Crippen molar-refractivity contribution in [3.8, 4) is 0 Å². The molecule has 0 radical (unpaired) electrons. The summed E-state index contributed by atoms with van der Waals surface area (Å²) in [5.41, 5.74) is 2.39. The van der Waals surface area contributed by atoms with Gasteiger partial charge in [0.2, 0.25) is 0 Å². The largest absolute Gasteiger partial charge is 0.308 e. The van der Waals surface area contributed by atoms with Crippen LogP contribution in [0.2, 0.25) is 0 Å². The summed E-state index contributed by atoms with van der Waals surface area (Å²) in [7, 11) is 0. The first-order chi connectivity index (χ1) is 7.75. The van der Waals surface area contributed by atoms with Gasteiger partial charge in [-0.3, -0.25) is 4.98 Å². The van der Waals surface area contributed by atoms with Crippen molar-refractivity contribution in [3.63, 3.8) is 0 Å². The zero-order valence-electron chi connectivity index (χ0n) is 10.4. The SMILES string of the molecule is Cc1ccc(CNC2CCCCC2C)nc1. The van der Waals surface area contributed by atoms with Crippen LogP contribution in [0.25, 0.3) is 0 Å². The van der Waals surface area contributed by atoms with Gasteiger partial charge in [-0.25, -0.2) is 0 Å². The number of nitrogens with one attached hydrogen (secondary N) is 1. The molecule has 2 unspecified atom stereocenters. The molecule has 0 spiro atoms. The van der Waals surface area contributed by atoms with Crippen LogP contribution in [0.4, 0.5) is 0 Å². The second-order valence-electron chi connectivity index (χ2n) is 5.08. The normalized spacial score (nSPS) is 25.6. The van der Waals surface area contributed by atoms with Crippen molar-refractivity contribution < 1.29 is 0 Å². The zero-order chi connectivity index (χ0) is 11.4. The van der Waals surface area contributed by atoms with Gasteiger partial charge in [0.15, 0.2) is 0 Å². The monoisotopic (exact) mass is 218 g/mol. The Morgan fingerprint density at radius 3 is 2.81 bits per heavy atom. The molecule has 1 aromatic rings. The fourth-order valence-corrected chi connectivity index (χ4v) is 2.46. The van der Waals surface area contributed by atoms with E-state index in [2.05, 4.69) is 36.3 Å². The Morgan fingerprint density at radius 2 is 2.12 bits per heavy atom. The van der Waals surface area contributed by atoms with Crippen molar-refractivity contribution in [1.29, 1.82) is 0 Å². The van der Waals surface area contributed by atoms with E-state index in [-0.39, 0.29) is 0 Å². The number of hydrogen-bond acceptors (Lipinski definition) is 2. The first-order valence-corrected chi connectivity index (χ1v) is 6.40. The third kappa shape index (κ3) is 3.05. The smallest absolute Gasteiger partial charge is 0.0541 e. The predicted octanol–water partition coefficient (Wildman–Crippen LogP) is 3.06. The molecule has 2 rings (SSSR count). The number of hydrogen-bond donors (Lipinski definition) is 1. The topological polar surface area (TPSA) is 24.9 Å². The Kier molecular flexibility index (Phi) is 3.94. The van der Waals surface area contributed by atoms with E-state index in [1.54, 1.807) is 0 Å². The van der Waals surface area contributed by atoms with Crippen molar-refractivity contribution in [2.75, 3.05) is 0 Å². The van der Waals surface area contributed by atoms with Gasteiger partial charge in [-0.1, -0.05) is 25.8 Å². The molecule has 1 aliphatic rings. The van der Waals surface area contributed by atoms with Crippen molar-refractivity contribution in [3.05, 3.63) is 29.6 Å². The lowest BCUT2D eigenvalue weighted by molar-refractivity contribution is 0.278. The van der Waals surface area contributed by atoms with Gasteiger partial charge in [-0.2, -0.15) is 0 Å². The number of nitrogens with zero attached hydrogens (tertiary/aromatic N) is 1. The highest BCUT2D eigenvalue weighted by Crippen LogP contribution is 2.23. The molecule has 0 amide bonds. The molecular formula is C14H22N2. The van der Waals surface area contributed by atoms with Gasteiger partial charge in [0.1, 0.15) is 0 Å². The van der Waals surface area contributed by atoms with Crippen molar-refractivity contribution in [2.45, 2.75) is 52.1 Å². The van der Waals surface area contributed by atoms with Crippen LogP contribution in [-0.2, 0) is 6.54 Å². The third-order valence-electron chi connectivity index (χ3n) is 3.63. The molecule has 0 aliphatic heterocycles. The molecule has 0 aromatic carbocycles. The minimum Gasteiger partial charge on any atom is -0.308 e. The first kappa shape index (κ1) is 11.6. The lowest BCUT2D eigenvalue weighted by Crippen LogP contribution is -2.36. The molecule has 1 fully saturated rings.